The van der Waals surface area contributed by atoms with E-state index in [1.165, 1.54) is 0 Å². The highest BCUT2D eigenvalue weighted by Gasteiger charge is 2.09. The van der Waals surface area contributed by atoms with Gasteiger partial charge in [0, 0.05) is 10.8 Å². The van der Waals surface area contributed by atoms with Gasteiger partial charge < -0.3 is 0 Å². The van der Waals surface area contributed by atoms with E-state index in [1.807, 2.05) is 13.8 Å². The molecule has 0 heterocycles. The summed E-state index contributed by atoms with van der Waals surface area (Å²) in [5, 5.41) is 1.65. The van der Waals surface area contributed by atoms with Crippen molar-refractivity contribution in [1.29, 1.82) is 0 Å². The van der Waals surface area contributed by atoms with E-state index in [-0.39, 0.29) is 11.5 Å². The second kappa shape index (κ2) is 7.06. The zero-order chi connectivity index (χ0) is 12.7. The van der Waals surface area contributed by atoms with Gasteiger partial charge >= 0.3 is 0 Å². The number of unbranched alkanes of at least 4 members (excludes halogenated alkanes) is 2. The van der Waals surface area contributed by atoms with Crippen molar-refractivity contribution in [2.45, 2.75) is 39.5 Å². The third-order valence-electron chi connectivity index (χ3n) is 2.04. The summed E-state index contributed by atoms with van der Waals surface area (Å²) >= 11 is 0. The smallest absolute Gasteiger partial charge is 0.172 e. The normalized spacial score (nSPS) is 13.4. The van der Waals surface area contributed by atoms with Crippen LogP contribution in [0.5, 0.6) is 0 Å². The Morgan fingerprint density at radius 3 is 1.31 bits per heavy atom. The van der Waals surface area contributed by atoms with Crippen LogP contribution in [0.4, 0.5) is 0 Å². The summed E-state index contributed by atoms with van der Waals surface area (Å²) in [7, 11) is -6.72. The minimum absolute atomic E-state index is 0.0172. The molecule has 0 aromatic heterocycles. The molecule has 0 aliphatic heterocycles. The van der Waals surface area contributed by atoms with Crippen LogP contribution in [0.25, 0.3) is 0 Å². The summed E-state index contributed by atoms with van der Waals surface area (Å²) in [6, 6.07) is 0. The average molecular weight is 268 g/mol. The summed E-state index contributed by atoms with van der Waals surface area (Å²) in [5.74, 6) is 0.0343. The molecule has 0 rings (SSSR count). The molecule has 0 spiro atoms. The topological polar surface area (TPSA) is 68.3 Å². The first-order valence-corrected chi connectivity index (χ1v) is 8.89. The van der Waals surface area contributed by atoms with E-state index in [0.717, 1.165) is 23.7 Å². The van der Waals surface area contributed by atoms with Gasteiger partial charge in [0.2, 0.25) is 0 Å². The van der Waals surface area contributed by atoms with Crippen molar-refractivity contribution in [3.05, 3.63) is 10.8 Å². The molecule has 6 heteroatoms. The molecule has 0 radical (unpaired) electrons. The minimum atomic E-state index is -3.36. The van der Waals surface area contributed by atoms with E-state index in [1.54, 1.807) is 0 Å². The Kier molecular flexibility index (Phi) is 6.90. The third-order valence-corrected chi connectivity index (χ3v) is 5.02. The average Bonchev–Trinajstić information content (AvgIpc) is 2.22. The van der Waals surface area contributed by atoms with Crippen molar-refractivity contribution in [2.75, 3.05) is 11.5 Å². The van der Waals surface area contributed by atoms with Crippen molar-refractivity contribution in [2.24, 2.45) is 0 Å². The SMILES string of the molecule is CCCCS(=O)(=O)/C=C\S(=O)(=O)CCCC. The summed E-state index contributed by atoms with van der Waals surface area (Å²) in [6.45, 7) is 3.77. The second-order valence-electron chi connectivity index (χ2n) is 3.71. The number of rotatable bonds is 8. The minimum Gasteiger partial charge on any atom is -0.224 e. The van der Waals surface area contributed by atoms with E-state index in [0.29, 0.717) is 12.8 Å². The van der Waals surface area contributed by atoms with E-state index in [2.05, 4.69) is 0 Å². The lowest BCUT2D eigenvalue weighted by Crippen LogP contribution is -2.05. The van der Waals surface area contributed by atoms with E-state index in [4.69, 9.17) is 0 Å². The van der Waals surface area contributed by atoms with Gasteiger partial charge in [-0.1, -0.05) is 26.7 Å². The van der Waals surface area contributed by atoms with Gasteiger partial charge in [0.25, 0.3) is 0 Å². The first-order chi connectivity index (χ1) is 7.33. The fourth-order valence-corrected chi connectivity index (χ4v) is 4.00. The van der Waals surface area contributed by atoms with Crippen LogP contribution in [0.15, 0.2) is 10.8 Å². The molecule has 0 aliphatic carbocycles. The molecule has 0 atom stereocenters. The zero-order valence-corrected chi connectivity index (χ0v) is 11.5. The Balaban J connectivity index is 4.47. The maximum absolute atomic E-state index is 11.4. The Morgan fingerprint density at radius 1 is 0.750 bits per heavy atom. The number of sulfone groups is 2. The standard InChI is InChI=1S/C10H20O4S2/c1-3-5-7-15(11,12)9-10-16(13,14)8-6-4-2/h9-10H,3-8H2,1-2H3/b10-9-. The van der Waals surface area contributed by atoms with Crippen molar-refractivity contribution >= 4 is 19.7 Å². The van der Waals surface area contributed by atoms with Gasteiger partial charge in [-0.15, -0.1) is 0 Å². The molecule has 0 saturated carbocycles. The van der Waals surface area contributed by atoms with E-state index < -0.39 is 19.7 Å². The Labute approximate surface area is 98.6 Å². The first-order valence-electron chi connectivity index (χ1n) is 5.46. The van der Waals surface area contributed by atoms with Crippen LogP contribution in [0.3, 0.4) is 0 Å². The molecule has 0 unspecified atom stereocenters. The lowest BCUT2D eigenvalue weighted by molar-refractivity contribution is 0.597. The van der Waals surface area contributed by atoms with Gasteiger partial charge in [-0.2, -0.15) is 0 Å². The van der Waals surface area contributed by atoms with Gasteiger partial charge in [-0.25, -0.2) is 16.8 Å². The molecule has 0 aromatic rings. The number of hydrogen-bond donors (Lipinski definition) is 0. The van der Waals surface area contributed by atoms with Crippen LogP contribution < -0.4 is 0 Å². The van der Waals surface area contributed by atoms with Crippen LogP contribution in [0.1, 0.15) is 39.5 Å². The molecule has 16 heavy (non-hydrogen) atoms. The molecule has 0 N–H and O–H groups in total. The van der Waals surface area contributed by atoms with Crippen LogP contribution in [-0.4, -0.2) is 28.3 Å². The van der Waals surface area contributed by atoms with Gasteiger partial charge in [-0.3, -0.25) is 0 Å². The largest absolute Gasteiger partial charge is 0.224 e. The molecule has 4 nitrogen and oxygen atoms in total. The molecular formula is C10H20O4S2. The zero-order valence-electron chi connectivity index (χ0n) is 9.85. The maximum Gasteiger partial charge on any atom is 0.172 e. The molecular weight excluding hydrogens is 248 g/mol. The summed E-state index contributed by atoms with van der Waals surface area (Å²) in [5.41, 5.74) is 0. The van der Waals surface area contributed by atoms with Crippen LogP contribution >= 0.6 is 0 Å². The molecule has 0 aromatic carbocycles. The Morgan fingerprint density at radius 2 is 1.06 bits per heavy atom. The van der Waals surface area contributed by atoms with E-state index >= 15 is 0 Å². The van der Waals surface area contributed by atoms with Gasteiger partial charge in [-0.05, 0) is 12.8 Å². The fourth-order valence-electron chi connectivity index (χ4n) is 0.996. The first kappa shape index (κ1) is 15.6. The Bertz CT molecular complexity index is 364. The molecule has 0 saturated heterocycles. The highest BCUT2D eigenvalue weighted by molar-refractivity contribution is 7.97. The monoisotopic (exact) mass is 268 g/mol. The lowest BCUT2D eigenvalue weighted by atomic mass is 10.4. The lowest BCUT2D eigenvalue weighted by Gasteiger charge is -1.98. The van der Waals surface area contributed by atoms with E-state index in [9.17, 15) is 16.8 Å². The summed E-state index contributed by atoms with van der Waals surface area (Å²) in [6.07, 6.45) is 2.66. The van der Waals surface area contributed by atoms with Crippen LogP contribution in [0.2, 0.25) is 0 Å². The Hall–Kier alpha value is -0.360. The third kappa shape index (κ3) is 7.87. The highest BCUT2D eigenvalue weighted by atomic mass is 32.2. The summed E-state index contributed by atoms with van der Waals surface area (Å²) < 4.78 is 45.4. The van der Waals surface area contributed by atoms with Crippen molar-refractivity contribution < 1.29 is 16.8 Å². The predicted octanol–water partition coefficient (Wildman–Crippen LogP) is 1.89. The second-order valence-corrected chi connectivity index (χ2v) is 7.73. The van der Waals surface area contributed by atoms with Gasteiger partial charge in [0.1, 0.15) is 0 Å². The van der Waals surface area contributed by atoms with Crippen molar-refractivity contribution in [1.82, 2.24) is 0 Å². The van der Waals surface area contributed by atoms with Crippen LogP contribution in [-0.2, 0) is 19.7 Å². The quantitative estimate of drug-likeness (QED) is 0.674. The molecule has 0 amide bonds. The van der Waals surface area contributed by atoms with Crippen molar-refractivity contribution in [3.63, 3.8) is 0 Å². The maximum atomic E-state index is 11.4. The fraction of sp³-hybridized carbons (Fsp3) is 0.800. The van der Waals surface area contributed by atoms with Crippen molar-refractivity contribution in [3.8, 4) is 0 Å². The highest BCUT2D eigenvalue weighted by Crippen LogP contribution is 2.03. The molecule has 0 bridgehead atoms. The molecule has 0 fully saturated rings. The molecule has 96 valence electrons. The summed E-state index contributed by atoms with van der Waals surface area (Å²) in [4.78, 5) is 0. The predicted molar refractivity (Wildman–Crippen MR) is 66.5 cm³/mol. The van der Waals surface area contributed by atoms with Crippen LogP contribution in [0, 0.1) is 0 Å². The van der Waals surface area contributed by atoms with Gasteiger partial charge in [0.05, 0.1) is 11.5 Å². The number of hydrogen-bond acceptors (Lipinski definition) is 4. The van der Waals surface area contributed by atoms with Gasteiger partial charge in [0.15, 0.2) is 19.7 Å². The molecule has 0 aliphatic rings.